The van der Waals surface area contributed by atoms with Crippen molar-refractivity contribution < 1.29 is 13.9 Å². The fraction of sp³-hybridized carbons (Fsp3) is 0.696. The van der Waals surface area contributed by atoms with Crippen LogP contribution in [0.25, 0.3) is 0 Å². The first-order valence-electron chi connectivity index (χ1n) is 10.6. The topological polar surface area (TPSA) is 42.2 Å². The lowest BCUT2D eigenvalue weighted by atomic mass is 9.78. The van der Waals surface area contributed by atoms with Crippen molar-refractivity contribution in [3.63, 3.8) is 0 Å². The van der Waals surface area contributed by atoms with Crippen LogP contribution in [-0.4, -0.2) is 19.5 Å². The van der Waals surface area contributed by atoms with Gasteiger partial charge in [-0.2, -0.15) is 5.26 Å². The number of nitriles is 1. The molecule has 3 rings (SSSR count). The van der Waals surface area contributed by atoms with Crippen LogP contribution in [0.2, 0.25) is 0 Å². The van der Waals surface area contributed by atoms with Crippen molar-refractivity contribution >= 4 is 0 Å². The minimum atomic E-state index is -0.402. The molecule has 0 atom stereocenters. The fourth-order valence-electron chi connectivity index (χ4n) is 4.46. The Balaban J connectivity index is 1.41. The van der Waals surface area contributed by atoms with Crippen LogP contribution in [0.4, 0.5) is 4.39 Å². The van der Waals surface area contributed by atoms with Crippen molar-refractivity contribution in [2.75, 3.05) is 13.2 Å². The number of rotatable bonds is 7. The van der Waals surface area contributed by atoms with Gasteiger partial charge in [-0.3, -0.25) is 0 Å². The van der Waals surface area contributed by atoms with Crippen LogP contribution in [0.15, 0.2) is 18.2 Å². The fourth-order valence-corrected chi connectivity index (χ4v) is 4.46. The van der Waals surface area contributed by atoms with Gasteiger partial charge >= 0.3 is 0 Å². The molecule has 1 aliphatic heterocycles. The van der Waals surface area contributed by atoms with Gasteiger partial charge in [0, 0.05) is 11.8 Å². The number of halogens is 1. The summed E-state index contributed by atoms with van der Waals surface area (Å²) in [4.78, 5) is 0. The van der Waals surface area contributed by atoms with Gasteiger partial charge in [0.05, 0.1) is 18.8 Å². The van der Waals surface area contributed by atoms with E-state index < -0.39 is 5.82 Å². The molecule has 1 aliphatic carbocycles. The summed E-state index contributed by atoms with van der Waals surface area (Å²) in [5.41, 5.74) is 1.14. The Morgan fingerprint density at radius 2 is 1.81 bits per heavy atom. The van der Waals surface area contributed by atoms with Crippen molar-refractivity contribution in [1.82, 2.24) is 0 Å². The maximum atomic E-state index is 13.9. The van der Waals surface area contributed by atoms with E-state index in [2.05, 4.69) is 6.92 Å². The van der Waals surface area contributed by atoms with Crippen LogP contribution >= 0.6 is 0 Å². The highest BCUT2D eigenvalue weighted by Gasteiger charge is 2.32. The Bertz CT molecular complexity index is 626. The van der Waals surface area contributed by atoms with E-state index in [1.807, 2.05) is 12.1 Å². The molecule has 2 fully saturated rings. The van der Waals surface area contributed by atoms with Gasteiger partial charge in [-0.15, -0.1) is 0 Å². The Hall–Kier alpha value is -1.44. The van der Waals surface area contributed by atoms with Gasteiger partial charge in [-0.1, -0.05) is 38.7 Å². The van der Waals surface area contributed by atoms with Crippen LogP contribution in [0.5, 0.6) is 0 Å². The molecule has 1 saturated heterocycles. The molecule has 1 saturated carbocycles. The molecular weight excluding hydrogens is 341 g/mol. The number of ether oxygens (including phenoxy) is 2. The lowest BCUT2D eigenvalue weighted by Crippen LogP contribution is -2.38. The second-order valence-corrected chi connectivity index (χ2v) is 8.21. The van der Waals surface area contributed by atoms with E-state index in [0.717, 1.165) is 44.5 Å². The number of hydrogen-bond donors (Lipinski definition) is 0. The second-order valence-electron chi connectivity index (χ2n) is 8.21. The zero-order valence-corrected chi connectivity index (χ0v) is 16.5. The van der Waals surface area contributed by atoms with E-state index in [9.17, 15) is 4.39 Å². The van der Waals surface area contributed by atoms with Crippen molar-refractivity contribution in [3.05, 3.63) is 35.1 Å². The van der Waals surface area contributed by atoms with Gasteiger partial charge in [0.25, 0.3) is 0 Å². The predicted octanol–water partition coefficient (Wildman–Crippen LogP) is 5.93. The van der Waals surface area contributed by atoms with E-state index in [4.69, 9.17) is 14.7 Å². The minimum absolute atomic E-state index is 0.0597. The molecule has 0 aromatic heterocycles. The van der Waals surface area contributed by atoms with Crippen LogP contribution in [0, 0.1) is 29.0 Å². The summed E-state index contributed by atoms with van der Waals surface area (Å²) in [6.07, 6.45) is 10.5. The maximum absolute atomic E-state index is 13.9. The second kappa shape index (κ2) is 10.2. The van der Waals surface area contributed by atoms with Crippen molar-refractivity contribution in [2.24, 2.45) is 11.8 Å². The summed E-state index contributed by atoms with van der Waals surface area (Å²) in [6.45, 7) is 3.90. The van der Waals surface area contributed by atoms with Crippen molar-refractivity contribution in [3.8, 4) is 6.07 Å². The lowest BCUT2D eigenvalue weighted by Gasteiger charge is -2.37. The third kappa shape index (κ3) is 5.53. The van der Waals surface area contributed by atoms with E-state index in [1.54, 1.807) is 12.1 Å². The first-order valence-corrected chi connectivity index (χ1v) is 10.6. The lowest BCUT2D eigenvalue weighted by molar-refractivity contribution is -0.229. The predicted molar refractivity (Wildman–Crippen MR) is 104 cm³/mol. The molecule has 0 spiro atoms. The van der Waals surface area contributed by atoms with E-state index >= 15 is 0 Å². The van der Waals surface area contributed by atoms with Gasteiger partial charge in [0.2, 0.25) is 0 Å². The molecule has 3 nitrogen and oxygen atoms in total. The maximum Gasteiger partial charge on any atom is 0.160 e. The Kier molecular flexibility index (Phi) is 7.67. The Labute approximate surface area is 162 Å². The standard InChI is InChI=1S/C23H32FNO2/c1-2-3-4-5-6-17-15-26-23(27-16-17)19-9-7-18(8-10-19)20-11-12-21(14-25)22(24)13-20/h11-13,17-19,23H,2-10,15-16H2,1H3/t17-,18?,19?,23-. The molecule has 1 heterocycles. The molecule has 0 amide bonds. The van der Waals surface area contributed by atoms with Gasteiger partial charge in [0.15, 0.2) is 6.29 Å². The van der Waals surface area contributed by atoms with Crippen molar-refractivity contribution in [1.29, 1.82) is 5.26 Å². The first-order chi connectivity index (χ1) is 13.2. The number of hydrogen-bond acceptors (Lipinski definition) is 3. The van der Waals surface area contributed by atoms with Gasteiger partial charge in [-0.25, -0.2) is 4.39 Å². The third-order valence-electron chi connectivity index (χ3n) is 6.20. The Morgan fingerprint density at radius 3 is 2.44 bits per heavy atom. The average Bonchev–Trinajstić information content (AvgIpc) is 2.72. The largest absolute Gasteiger partial charge is 0.352 e. The highest BCUT2D eigenvalue weighted by Crippen LogP contribution is 2.39. The molecule has 148 valence electrons. The number of nitrogens with zero attached hydrogens (tertiary/aromatic N) is 1. The van der Waals surface area contributed by atoms with E-state index in [-0.39, 0.29) is 11.9 Å². The molecule has 0 radical (unpaired) electrons. The normalized spacial score (nSPS) is 28.6. The molecule has 1 aromatic rings. The summed E-state index contributed by atoms with van der Waals surface area (Å²) in [5, 5.41) is 8.87. The summed E-state index contributed by atoms with van der Waals surface area (Å²) in [6, 6.07) is 6.94. The highest BCUT2D eigenvalue weighted by atomic mass is 19.1. The minimum Gasteiger partial charge on any atom is -0.352 e. The van der Waals surface area contributed by atoms with Gasteiger partial charge in [0.1, 0.15) is 11.9 Å². The zero-order valence-electron chi connectivity index (χ0n) is 16.5. The SMILES string of the molecule is CCCCCC[C@H]1CO[C@H](C2CCC(c3ccc(C#N)c(F)c3)CC2)OC1. The number of unbranched alkanes of at least 4 members (excludes halogenated alkanes) is 3. The molecule has 0 N–H and O–H groups in total. The Morgan fingerprint density at radius 1 is 1.07 bits per heavy atom. The van der Waals surface area contributed by atoms with Crippen LogP contribution in [-0.2, 0) is 9.47 Å². The third-order valence-corrected chi connectivity index (χ3v) is 6.20. The van der Waals surface area contributed by atoms with Gasteiger partial charge < -0.3 is 9.47 Å². The highest BCUT2D eigenvalue weighted by molar-refractivity contribution is 5.34. The summed E-state index contributed by atoms with van der Waals surface area (Å²) < 4.78 is 26.0. The van der Waals surface area contributed by atoms with Crippen LogP contribution in [0.1, 0.15) is 81.8 Å². The van der Waals surface area contributed by atoms with Gasteiger partial charge in [-0.05, 0) is 55.7 Å². The smallest absolute Gasteiger partial charge is 0.160 e. The first kappa shape index (κ1) is 20.3. The molecule has 0 bridgehead atoms. The summed E-state index contributed by atoms with van der Waals surface area (Å²) in [5.74, 6) is 0.973. The number of benzene rings is 1. The molecular formula is C23H32FNO2. The van der Waals surface area contributed by atoms with E-state index in [0.29, 0.717) is 17.8 Å². The summed E-state index contributed by atoms with van der Waals surface area (Å²) >= 11 is 0. The molecule has 4 heteroatoms. The quantitative estimate of drug-likeness (QED) is 0.556. The molecule has 0 unspecified atom stereocenters. The average molecular weight is 374 g/mol. The van der Waals surface area contributed by atoms with E-state index in [1.165, 1.54) is 32.1 Å². The monoisotopic (exact) mass is 373 g/mol. The summed E-state index contributed by atoms with van der Waals surface area (Å²) in [7, 11) is 0. The van der Waals surface area contributed by atoms with Crippen molar-refractivity contribution in [2.45, 2.75) is 76.9 Å². The molecule has 2 aliphatic rings. The molecule has 1 aromatic carbocycles. The molecule has 27 heavy (non-hydrogen) atoms. The van der Waals surface area contributed by atoms with Crippen LogP contribution in [0.3, 0.4) is 0 Å². The zero-order chi connectivity index (χ0) is 19.1. The van der Waals surface area contributed by atoms with Crippen LogP contribution < -0.4 is 0 Å².